The number of carbonyl (C=O) groups excluding carboxylic acids is 1. The molecule has 44 heavy (non-hydrogen) atoms. The highest BCUT2D eigenvalue weighted by Gasteiger charge is 2.31. The van der Waals surface area contributed by atoms with E-state index in [0.29, 0.717) is 41.3 Å². The summed E-state index contributed by atoms with van der Waals surface area (Å²) in [4.78, 5) is 22.2. The monoisotopic (exact) mass is 610 g/mol. The highest BCUT2D eigenvalue weighted by Crippen LogP contribution is 2.45. The number of nitrogens with zero attached hydrogens (tertiary/aromatic N) is 2. The van der Waals surface area contributed by atoms with Crippen LogP contribution in [0.5, 0.6) is 11.5 Å². The summed E-state index contributed by atoms with van der Waals surface area (Å²) >= 11 is 0. The number of methoxy groups -OCH3 is 2. The zero-order valence-electron chi connectivity index (χ0n) is 26.3. The summed E-state index contributed by atoms with van der Waals surface area (Å²) in [5.74, 6) is 0.839. The lowest BCUT2D eigenvalue weighted by atomic mass is 10.0. The van der Waals surface area contributed by atoms with Gasteiger partial charge in [0, 0.05) is 29.7 Å². The number of aromatic nitrogens is 2. The van der Waals surface area contributed by atoms with E-state index in [-0.39, 0.29) is 11.7 Å². The Morgan fingerprint density at radius 1 is 0.932 bits per heavy atom. The second-order valence-corrected chi connectivity index (χ2v) is 11.2. The van der Waals surface area contributed by atoms with Crippen LogP contribution in [-0.4, -0.2) is 41.1 Å². The molecule has 4 rings (SSSR count). The van der Waals surface area contributed by atoms with Crippen molar-refractivity contribution in [3.8, 4) is 22.8 Å². The third-order valence-corrected chi connectivity index (χ3v) is 7.76. The largest absolute Gasteiger partial charge is 0.493 e. The number of hydrogen-bond donors (Lipinski definition) is 3. The van der Waals surface area contributed by atoms with Crippen molar-refractivity contribution in [1.29, 1.82) is 0 Å². The molecule has 10 heteroatoms. The number of halogens is 1. The van der Waals surface area contributed by atoms with Crippen molar-refractivity contribution >= 4 is 23.5 Å². The van der Waals surface area contributed by atoms with Crippen molar-refractivity contribution in [3.05, 3.63) is 53.3 Å². The number of primary amides is 1. The van der Waals surface area contributed by atoms with E-state index in [1.165, 1.54) is 89.9 Å². The van der Waals surface area contributed by atoms with Gasteiger partial charge in [0.05, 0.1) is 19.9 Å². The lowest BCUT2D eigenvalue weighted by Crippen LogP contribution is -2.14. The molecule has 0 aliphatic heterocycles. The van der Waals surface area contributed by atoms with Gasteiger partial charge < -0.3 is 25.6 Å². The van der Waals surface area contributed by atoms with E-state index in [9.17, 15) is 19.1 Å². The van der Waals surface area contributed by atoms with Gasteiger partial charge in [-0.1, -0.05) is 83.6 Å². The van der Waals surface area contributed by atoms with Crippen LogP contribution in [0, 0.1) is 5.82 Å². The van der Waals surface area contributed by atoms with Gasteiger partial charge in [0.15, 0.2) is 11.5 Å². The van der Waals surface area contributed by atoms with Crippen LogP contribution >= 0.6 is 0 Å². The number of rotatable bonds is 17. The molecule has 0 radical (unpaired) electrons. The fourth-order valence-electron chi connectivity index (χ4n) is 5.42. The van der Waals surface area contributed by atoms with Gasteiger partial charge in [0.25, 0.3) is 0 Å². The first-order chi connectivity index (χ1) is 21.3. The molecule has 0 fully saturated rings. The molecule has 0 bridgehead atoms. The maximum atomic E-state index is 13.5. The number of benzene rings is 2. The normalized spacial score (nSPS) is 11.3. The quantitative estimate of drug-likeness (QED) is 0.102. The van der Waals surface area contributed by atoms with Crippen LogP contribution in [0.3, 0.4) is 0 Å². The van der Waals surface area contributed by atoms with E-state index in [1.54, 1.807) is 25.3 Å². The average Bonchev–Trinajstić information content (AvgIpc) is 3.53. The lowest BCUT2D eigenvalue weighted by Gasteiger charge is -2.11. The summed E-state index contributed by atoms with van der Waals surface area (Å²) < 4.78 is 25.0. The Balaban J connectivity index is 0.000000271. The molecule has 1 amide bonds. The van der Waals surface area contributed by atoms with E-state index in [1.807, 2.05) is 6.07 Å². The zero-order chi connectivity index (χ0) is 31.9. The average molecular weight is 611 g/mol. The van der Waals surface area contributed by atoms with E-state index >= 15 is 0 Å². The number of fused-ring (bicyclic) bond motifs is 3. The van der Waals surface area contributed by atoms with Gasteiger partial charge in [-0.05, 0) is 42.3 Å². The molecule has 0 saturated heterocycles. The molecular formula is C34H47FN4O5. The lowest BCUT2D eigenvalue weighted by molar-refractivity contribution is -0.118. The van der Waals surface area contributed by atoms with Gasteiger partial charge in [-0.15, -0.1) is 4.68 Å². The summed E-state index contributed by atoms with van der Waals surface area (Å²) in [7, 11) is 3.09. The molecule has 3 aromatic rings. The summed E-state index contributed by atoms with van der Waals surface area (Å²) in [6, 6.07) is 9.45. The standard InChI is InChI=1S/C19H16FN3O4.C15H31NO/c1-26-15-7-10-6-14-17(13(10)9-16(15)27-2)22-23(19(24)25)18(14)21-12-5-3-4-11(20)8-12;1-2-3-4-5-6-7-8-9-10-11-12-13-14-15(16)17/h3-5,7-9,21H,6H2,1-2H3,(H,24,25);2-14H2,1H3,(H2,16,17). The van der Waals surface area contributed by atoms with Crippen molar-refractivity contribution in [2.24, 2.45) is 5.73 Å². The van der Waals surface area contributed by atoms with E-state index in [0.717, 1.165) is 22.2 Å². The van der Waals surface area contributed by atoms with Crippen molar-refractivity contribution in [1.82, 2.24) is 9.78 Å². The molecule has 0 saturated carbocycles. The number of carboxylic acid groups (broad SMARTS) is 1. The summed E-state index contributed by atoms with van der Waals surface area (Å²) in [6.45, 7) is 2.26. The van der Waals surface area contributed by atoms with E-state index < -0.39 is 11.9 Å². The van der Waals surface area contributed by atoms with Crippen LogP contribution < -0.4 is 20.5 Å². The van der Waals surface area contributed by atoms with Gasteiger partial charge in [0.2, 0.25) is 5.91 Å². The molecule has 240 valence electrons. The SMILES string of the molecule is CCCCCCCCCCCCCCC(N)=O.COc1cc2c(cc1OC)-c1nn(C(=O)O)c(Nc3cccc(F)c3)c1C2. The van der Waals surface area contributed by atoms with Gasteiger partial charge in [-0.3, -0.25) is 4.79 Å². The number of nitrogens with one attached hydrogen (secondary N) is 1. The molecule has 4 N–H and O–H groups in total. The molecular weight excluding hydrogens is 563 g/mol. The number of hydrogen-bond acceptors (Lipinski definition) is 6. The zero-order valence-corrected chi connectivity index (χ0v) is 26.3. The van der Waals surface area contributed by atoms with E-state index in [2.05, 4.69) is 17.3 Å². The van der Waals surface area contributed by atoms with Crippen LogP contribution in [0.4, 0.5) is 20.7 Å². The fraction of sp³-hybridized carbons (Fsp3) is 0.500. The van der Waals surface area contributed by atoms with Crippen molar-refractivity contribution in [3.63, 3.8) is 0 Å². The predicted octanol–water partition coefficient (Wildman–Crippen LogP) is 8.44. The van der Waals surface area contributed by atoms with Gasteiger partial charge in [0.1, 0.15) is 11.6 Å². The third kappa shape index (κ3) is 9.99. The Kier molecular flexibility index (Phi) is 14.0. The highest BCUT2D eigenvalue weighted by atomic mass is 19.1. The Labute approximate surface area is 259 Å². The van der Waals surface area contributed by atoms with Crippen LogP contribution in [0.2, 0.25) is 0 Å². The number of anilines is 2. The minimum absolute atomic E-state index is 0.155. The topological polar surface area (TPSA) is 129 Å². The first kappa shape index (κ1) is 34.4. The van der Waals surface area contributed by atoms with Gasteiger partial charge in [-0.2, -0.15) is 5.10 Å². The molecule has 0 atom stereocenters. The number of nitrogens with two attached hydrogens (primary N) is 1. The summed E-state index contributed by atoms with van der Waals surface area (Å²) in [6.07, 6.45) is 15.7. The predicted molar refractivity (Wildman–Crippen MR) is 172 cm³/mol. The first-order valence-electron chi connectivity index (χ1n) is 15.7. The molecule has 1 aromatic heterocycles. The fourth-order valence-corrected chi connectivity index (χ4v) is 5.42. The van der Waals surface area contributed by atoms with Gasteiger partial charge >= 0.3 is 6.09 Å². The molecule has 2 aromatic carbocycles. The van der Waals surface area contributed by atoms with Crippen LogP contribution in [0.15, 0.2) is 36.4 Å². The second-order valence-electron chi connectivity index (χ2n) is 11.2. The Bertz CT molecular complexity index is 1370. The maximum Gasteiger partial charge on any atom is 0.434 e. The minimum atomic E-state index is -1.23. The first-order valence-corrected chi connectivity index (χ1v) is 15.7. The molecule has 1 heterocycles. The van der Waals surface area contributed by atoms with Crippen LogP contribution in [0.1, 0.15) is 102 Å². The van der Waals surface area contributed by atoms with Crippen molar-refractivity contribution in [2.75, 3.05) is 19.5 Å². The molecule has 9 nitrogen and oxygen atoms in total. The minimum Gasteiger partial charge on any atom is -0.493 e. The number of unbranched alkanes of at least 4 members (excludes halogenated alkanes) is 11. The molecule has 1 aliphatic carbocycles. The Hall–Kier alpha value is -4.08. The highest BCUT2D eigenvalue weighted by molar-refractivity contribution is 5.86. The second kappa shape index (κ2) is 17.9. The molecule has 1 aliphatic rings. The smallest absolute Gasteiger partial charge is 0.434 e. The van der Waals surface area contributed by atoms with Gasteiger partial charge in [-0.25, -0.2) is 9.18 Å². The maximum absolute atomic E-state index is 13.5. The van der Waals surface area contributed by atoms with Crippen molar-refractivity contribution < 1.29 is 28.6 Å². The third-order valence-electron chi connectivity index (χ3n) is 7.76. The number of carbonyl (C=O) groups is 2. The molecule has 0 spiro atoms. The van der Waals surface area contributed by atoms with Crippen LogP contribution in [0.25, 0.3) is 11.3 Å². The van der Waals surface area contributed by atoms with Crippen molar-refractivity contribution in [2.45, 2.75) is 96.8 Å². The Morgan fingerprint density at radius 2 is 1.52 bits per heavy atom. The van der Waals surface area contributed by atoms with E-state index in [4.69, 9.17) is 15.2 Å². The number of amides is 1. The summed E-state index contributed by atoms with van der Waals surface area (Å²) in [5, 5.41) is 16.8. The Morgan fingerprint density at radius 3 is 2.07 bits per heavy atom. The number of ether oxygens (including phenoxy) is 2. The van der Waals surface area contributed by atoms with Crippen LogP contribution in [-0.2, 0) is 11.2 Å². The molecule has 0 unspecified atom stereocenters. The summed E-state index contributed by atoms with van der Waals surface area (Å²) in [5.41, 5.74) is 8.51.